The largest absolute Gasteiger partial charge is 0.375 e. The molecule has 3 rings (SSSR count). The summed E-state index contributed by atoms with van der Waals surface area (Å²) >= 11 is 1.43. The van der Waals surface area contributed by atoms with Gasteiger partial charge in [-0.1, -0.05) is 11.3 Å². The Morgan fingerprint density at radius 1 is 1.50 bits per heavy atom. The Kier molecular flexibility index (Phi) is 3.58. The van der Waals surface area contributed by atoms with Gasteiger partial charge < -0.3 is 15.4 Å². The molecule has 0 radical (unpaired) electrons. The Labute approximate surface area is 121 Å². The lowest BCUT2D eigenvalue weighted by molar-refractivity contribution is 0.0524. The predicted octanol–water partition coefficient (Wildman–Crippen LogP) is 1.23. The molecule has 0 amide bonds. The van der Waals surface area contributed by atoms with Gasteiger partial charge in [-0.2, -0.15) is 0 Å². The number of anilines is 2. The first-order chi connectivity index (χ1) is 9.69. The molecule has 2 aromatic rings. The maximum atomic E-state index is 5.70. The highest BCUT2D eigenvalue weighted by molar-refractivity contribution is 7.18. The van der Waals surface area contributed by atoms with Gasteiger partial charge in [0, 0.05) is 19.6 Å². The highest BCUT2D eigenvalue weighted by Crippen LogP contribution is 2.29. The molecule has 1 aliphatic heterocycles. The summed E-state index contributed by atoms with van der Waals surface area (Å²) in [6.45, 7) is 7.37. The molecule has 0 saturated carbocycles. The van der Waals surface area contributed by atoms with Crippen LogP contribution in [0.3, 0.4) is 0 Å². The van der Waals surface area contributed by atoms with Crippen molar-refractivity contribution in [2.45, 2.75) is 26.5 Å². The van der Waals surface area contributed by atoms with E-state index >= 15 is 0 Å². The van der Waals surface area contributed by atoms with E-state index in [1.807, 2.05) is 0 Å². The molecule has 0 aliphatic carbocycles. The molecule has 1 saturated heterocycles. The minimum absolute atomic E-state index is 0.216. The molecule has 0 aromatic carbocycles. The van der Waals surface area contributed by atoms with Crippen LogP contribution in [-0.2, 0) is 11.3 Å². The Bertz CT molecular complexity index is 595. The van der Waals surface area contributed by atoms with Gasteiger partial charge in [-0.25, -0.2) is 4.98 Å². The predicted molar refractivity (Wildman–Crippen MR) is 78.8 cm³/mol. The first kappa shape index (κ1) is 13.3. The van der Waals surface area contributed by atoms with Crippen LogP contribution in [0.15, 0.2) is 6.20 Å². The van der Waals surface area contributed by atoms with Gasteiger partial charge in [0.25, 0.3) is 0 Å². The molecule has 20 heavy (non-hydrogen) atoms. The van der Waals surface area contributed by atoms with Crippen molar-refractivity contribution >= 4 is 22.4 Å². The van der Waals surface area contributed by atoms with E-state index < -0.39 is 0 Å². The van der Waals surface area contributed by atoms with Gasteiger partial charge in [0.1, 0.15) is 0 Å². The third kappa shape index (κ3) is 2.36. The molecule has 3 heterocycles. The van der Waals surface area contributed by atoms with E-state index in [-0.39, 0.29) is 6.10 Å². The number of hydrogen-bond donors (Lipinski definition) is 1. The molecule has 1 unspecified atom stereocenters. The molecule has 0 bridgehead atoms. The van der Waals surface area contributed by atoms with E-state index in [4.69, 9.17) is 10.5 Å². The maximum Gasteiger partial charge on any atom is 0.227 e. The summed E-state index contributed by atoms with van der Waals surface area (Å²) in [6.07, 6.45) is 1.97. The van der Waals surface area contributed by atoms with Crippen LogP contribution in [0.2, 0.25) is 0 Å². The average molecular weight is 294 g/mol. The Balaban J connectivity index is 1.94. The van der Waals surface area contributed by atoms with Gasteiger partial charge >= 0.3 is 0 Å². The normalized spacial score (nSPS) is 19.5. The lowest BCUT2D eigenvalue weighted by Gasteiger charge is -2.31. The zero-order valence-electron chi connectivity index (χ0n) is 11.6. The molecule has 2 aromatic heterocycles. The topological polar surface area (TPSA) is 82.1 Å². The number of ether oxygens (including phenoxy) is 1. The number of nitrogens with two attached hydrogens (primary N) is 1. The van der Waals surface area contributed by atoms with E-state index in [0.29, 0.717) is 5.13 Å². The van der Waals surface area contributed by atoms with Crippen molar-refractivity contribution in [1.82, 2.24) is 19.7 Å². The average Bonchev–Trinajstić information content (AvgIpc) is 3.04. The molecule has 2 N–H and O–H groups in total. The molecule has 0 spiro atoms. The van der Waals surface area contributed by atoms with Crippen LogP contribution in [0.5, 0.6) is 0 Å². The van der Waals surface area contributed by atoms with Gasteiger partial charge in [-0.3, -0.25) is 4.57 Å². The van der Waals surface area contributed by atoms with Crippen LogP contribution in [0.25, 0.3) is 10.7 Å². The van der Waals surface area contributed by atoms with E-state index in [1.165, 1.54) is 11.3 Å². The summed E-state index contributed by atoms with van der Waals surface area (Å²) in [5, 5.41) is 9.22. The van der Waals surface area contributed by atoms with Gasteiger partial charge in [0.2, 0.25) is 5.95 Å². The molecule has 1 atom stereocenters. The second-order valence-electron chi connectivity index (χ2n) is 4.76. The van der Waals surface area contributed by atoms with Crippen molar-refractivity contribution < 1.29 is 4.74 Å². The van der Waals surface area contributed by atoms with E-state index in [2.05, 4.69) is 38.5 Å². The van der Waals surface area contributed by atoms with E-state index in [0.717, 1.165) is 42.9 Å². The molecule has 8 heteroatoms. The zero-order chi connectivity index (χ0) is 14.1. The van der Waals surface area contributed by atoms with E-state index in [1.54, 1.807) is 6.20 Å². The van der Waals surface area contributed by atoms with Crippen LogP contribution in [0.1, 0.15) is 13.8 Å². The smallest absolute Gasteiger partial charge is 0.227 e. The van der Waals surface area contributed by atoms with Crippen molar-refractivity contribution in [2.24, 2.45) is 0 Å². The lowest BCUT2D eigenvalue weighted by Crippen LogP contribution is -2.42. The zero-order valence-corrected chi connectivity index (χ0v) is 12.4. The summed E-state index contributed by atoms with van der Waals surface area (Å²) in [4.78, 5) is 7.25. The molecule has 1 fully saturated rings. The molecular formula is C12H18N6OS. The summed E-state index contributed by atoms with van der Waals surface area (Å²) < 4.78 is 7.68. The quantitative estimate of drug-likeness (QED) is 0.917. The van der Waals surface area contributed by atoms with E-state index in [9.17, 15) is 0 Å². The second-order valence-corrected chi connectivity index (χ2v) is 5.82. The third-order valence-electron chi connectivity index (χ3n) is 3.32. The Morgan fingerprint density at radius 2 is 2.35 bits per heavy atom. The molecular weight excluding hydrogens is 276 g/mol. The van der Waals surface area contributed by atoms with Crippen molar-refractivity contribution in [2.75, 3.05) is 30.3 Å². The minimum Gasteiger partial charge on any atom is -0.375 e. The fraction of sp³-hybridized carbons (Fsp3) is 0.583. The lowest BCUT2D eigenvalue weighted by atomic mass is 10.3. The number of hydrogen-bond acceptors (Lipinski definition) is 7. The standard InChI is InChI=1S/C12H18N6OS/c1-3-18-10(9-6-14-11(13)20-9)15-16-12(18)17-4-5-19-8(2)7-17/h6,8H,3-5,7H2,1-2H3,(H2,13,14). The molecule has 1 aliphatic rings. The SMILES string of the molecule is CCn1c(-c2cnc(N)s2)nnc1N1CCOC(C)C1. The first-order valence-electron chi connectivity index (χ1n) is 6.70. The molecule has 7 nitrogen and oxygen atoms in total. The van der Waals surface area contributed by atoms with Crippen molar-refractivity contribution in [3.8, 4) is 10.7 Å². The number of nitrogens with zero attached hydrogens (tertiary/aromatic N) is 5. The van der Waals surface area contributed by atoms with Crippen LogP contribution in [0.4, 0.5) is 11.1 Å². The number of morpholine rings is 1. The monoisotopic (exact) mass is 294 g/mol. The number of rotatable bonds is 3. The highest BCUT2D eigenvalue weighted by atomic mass is 32.1. The fourth-order valence-corrected chi connectivity index (χ4v) is 3.07. The van der Waals surface area contributed by atoms with Crippen molar-refractivity contribution in [3.63, 3.8) is 0 Å². The van der Waals surface area contributed by atoms with Gasteiger partial charge in [0.05, 0.1) is 23.8 Å². The summed E-state index contributed by atoms with van der Waals surface area (Å²) in [6, 6.07) is 0. The van der Waals surface area contributed by atoms with Crippen molar-refractivity contribution in [3.05, 3.63) is 6.20 Å². The summed E-state index contributed by atoms with van der Waals surface area (Å²) in [7, 11) is 0. The van der Waals surface area contributed by atoms with Gasteiger partial charge in [-0.15, -0.1) is 10.2 Å². The third-order valence-corrected chi connectivity index (χ3v) is 4.14. The van der Waals surface area contributed by atoms with Crippen LogP contribution in [0, 0.1) is 0 Å². The van der Waals surface area contributed by atoms with Crippen molar-refractivity contribution in [1.29, 1.82) is 0 Å². The Hall–Kier alpha value is -1.67. The van der Waals surface area contributed by atoms with Crippen LogP contribution < -0.4 is 10.6 Å². The van der Waals surface area contributed by atoms with Crippen LogP contribution in [-0.4, -0.2) is 45.5 Å². The summed E-state index contributed by atoms with van der Waals surface area (Å²) in [5.74, 6) is 1.72. The fourth-order valence-electron chi connectivity index (χ4n) is 2.39. The number of thiazole rings is 1. The van der Waals surface area contributed by atoms with Crippen LogP contribution >= 0.6 is 11.3 Å². The highest BCUT2D eigenvalue weighted by Gasteiger charge is 2.23. The first-order valence-corrected chi connectivity index (χ1v) is 7.52. The Morgan fingerprint density at radius 3 is 3.00 bits per heavy atom. The minimum atomic E-state index is 0.216. The van der Waals surface area contributed by atoms with Gasteiger partial charge in [-0.05, 0) is 13.8 Å². The second kappa shape index (κ2) is 5.37. The number of aromatic nitrogens is 4. The number of nitrogen functional groups attached to an aromatic ring is 1. The maximum absolute atomic E-state index is 5.70. The molecule has 108 valence electrons. The summed E-state index contributed by atoms with van der Waals surface area (Å²) in [5.41, 5.74) is 5.70. The van der Waals surface area contributed by atoms with Gasteiger partial charge in [0.15, 0.2) is 11.0 Å².